The summed E-state index contributed by atoms with van der Waals surface area (Å²) in [5.41, 5.74) is 2.73. The molecule has 0 unspecified atom stereocenters. The van der Waals surface area contributed by atoms with Crippen LogP contribution in [0.25, 0.3) is 27.0 Å². The van der Waals surface area contributed by atoms with E-state index in [1.54, 1.807) is 16.8 Å². The zero-order valence-electron chi connectivity index (χ0n) is 14.2. The highest BCUT2D eigenvalue weighted by atomic mass is 32.2. The number of hydrogen-bond acceptors (Lipinski definition) is 7. The van der Waals surface area contributed by atoms with Gasteiger partial charge in [-0.2, -0.15) is 4.68 Å². The molecule has 0 saturated heterocycles. The van der Waals surface area contributed by atoms with Crippen LogP contribution in [0.5, 0.6) is 0 Å². The van der Waals surface area contributed by atoms with Crippen molar-refractivity contribution in [3.05, 3.63) is 72.1 Å². The molecule has 0 bridgehead atoms. The molecule has 0 radical (unpaired) electrons. The van der Waals surface area contributed by atoms with Crippen LogP contribution in [0.4, 0.5) is 4.39 Å². The van der Waals surface area contributed by atoms with Crippen LogP contribution in [0.1, 0.15) is 0 Å². The molecule has 0 aliphatic rings. The van der Waals surface area contributed by atoms with Crippen molar-refractivity contribution in [2.24, 2.45) is 0 Å². The van der Waals surface area contributed by atoms with Crippen molar-refractivity contribution in [3.8, 4) is 16.8 Å². The second-order valence-corrected chi connectivity index (χ2v) is 7.64. The molecular formula is C19H11FN6S2. The summed E-state index contributed by atoms with van der Waals surface area (Å²) in [4.78, 5) is 9.70. The molecule has 3 aromatic heterocycles. The summed E-state index contributed by atoms with van der Waals surface area (Å²) in [6, 6.07) is 16.1. The number of benzene rings is 2. The van der Waals surface area contributed by atoms with E-state index in [0.29, 0.717) is 5.16 Å². The molecule has 0 fully saturated rings. The average Bonchev–Trinajstić information content (AvgIpc) is 3.37. The van der Waals surface area contributed by atoms with Crippen molar-refractivity contribution < 1.29 is 4.39 Å². The minimum Gasteiger partial charge on any atom is -0.229 e. The van der Waals surface area contributed by atoms with E-state index in [1.165, 1.54) is 41.6 Å². The number of fused-ring (bicyclic) bond motifs is 1. The molecule has 0 aliphatic heterocycles. The van der Waals surface area contributed by atoms with Crippen LogP contribution in [0.3, 0.4) is 0 Å². The summed E-state index contributed by atoms with van der Waals surface area (Å²) >= 11 is 2.89. The van der Waals surface area contributed by atoms with Crippen LogP contribution >= 0.6 is 23.1 Å². The number of tetrazole rings is 1. The normalized spacial score (nSPS) is 11.2. The third kappa shape index (κ3) is 3.04. The maximum atomic E-state index is 13.3. The van der Waals surface area contributed by atoms with Crippen LogP contribution in [-0.4, -0.2) is 30.2 Å². The molecule has 2 aromatic carbocycles. The zero-order valence-corrected chi connectivity index (χ0v) is 15.9. The van der Waals surface area contributed by atoms with Crippen molar-refractivity contribution in [2.45, 2.75) is 10.2 Å². The van der Waals surface area contributed by atoms with Crippen LogP contribution < -0.4 is 0 Å². The summed E-state index contributed by atoms with van der Waals surface area (Å²) in [6.45, 7) is 0. The first-order chi connectivity index (χ1) is 13.8. The number of rotatable bonds is 4. The molecule has 28 heavy (non-hydrogen) atoms. The molecule has 0 atom stereocenters. The van der Waals surface area contributed by atoms with E-state index in [9.17, 15) is 4.39 Å². The van der Waals surface area contributed by atoms with E-state index in [0.717, 1.165) is 32.1 Å². The van der Waals surface area contributed by atoms with Crippen molar-refractivity contribution in [1.29, 1.82) is 0 Å². The second-order valence-electron chi connectivity index (χ2n) is 5.83. The Morgan fingerprint density at radius 1 is 0.964 bits per heavy atom. The fourth-order valence-electron chi connectivity index (χ4n) is 2.83. The maximum Gasteiger partial charge on any atom is 0.220 e. The van der Waals surface area contributed by atoms with Gasteiger partial charge in [-0.05, 0) is 52.0 Å². The standard InChI is InChI=1S/C19H11FN6S2/c20-13-8-6-12(7-9-13)15-10-27-17-16(15)18(22-11-21-17)28-19-23-24-25-26(19)14-4-2-1-3-5-14/h1-11H. The number of halogens is 1. The van der Waals surface area contributed by atoms with E-state index in [-0.39, 0.29) is 5.82 Å². The topological polar surface area (TPSA) is 69.4 Å². The molecule has 0 amide bonds. The van der Waals surface area contributed by atoms with E-state index >= 15 is 0 Å². The lowest BCUT2D eigenvalue weighted by molar-refractivity contribution is 0.628. The van der Waals surface area contributed by atoms with Gasteiger partial charge in [-0.25, -0.2) is 14.4 Å². The Hall–Kier alpha value is -3.17. The van der Waals surface area contributed by atoms with Crippen LogP contribution in [-0.2, 0) is 0 Å². The van der Waals surface area contributed by atoms with Crippen molar-refractivity contribution in [2.75, 3.05) is 0 Å². The van der Waals surface area contributed by atoms with Gasteiger partial charge in [0.1, 0.15) is 22.0 Å². The third-order valence-corrected chi connectivity index (χ3v) is 5.95. The van der Waals surface area contributed by atoms with E-state index in [2.05, 4.69) is 25.5 Å². The van der Waals surface area contributed by atoms with Crippen LogP contribution in [0, 0.1) is 5.82 Å². The number of nitrogens with zero attached hydrogens (tertiary/aromatic N) is 6. The molecule has 0 N–H and O–H groups in total. The molecule has 3 heterocycles. The van der Waals surface area contributed by atoms with Gasteiger partial charge in [0.15, 0.2) is 0 Å². The Morgan fingerprint density at radius 2 is 1.79 bits per heavy atom. The first-order valence-electron chi connectivity index (χ1n) is 8.29. The molecule has 5 rings (SSSR count). The molecule has 0 aliphatic carbocycles. The number of aromatic nitrogens is 6. The molecule has 0 saturated carbocycles. The monoisotopic (exact) mass is 406 g/mol. The Balaban J connectivity index is 1.61. The Kier molecular flexibility index (Phi) is 4.30. The summed E-state index contributed by atoms with van der Waals surface area (Å²) < 4.78 is 15.0. The average molecular weight is 406 g/mol. The first kappa shape index (κ1) is 17.0. The highest BCUT2D eigenvalue weighted by Crippen LogP contribution is 2.39. The van der Waals surface area contributed by atoms with Gasteiger partial charge < -0.3 is 0 Å². The van der Waals surface area contributed by atoms with Crippen LogP contribution in [0.2, 0.25) is 0 Å². The molecule has 6 nitrogen and oxygen atoms in total. The second kappa shape index (κ2) is 7.10. The number of hydrogen-bond donors (Lipinski definition) is 0. The minimum atomic E-state index is -0.267. The maximum absolute atomic E-state index is 13.3. The quantitative estimate of drug-likeness (QED) is 0.406. The smallest absolute Gasteiger partial charge is 0.220 e. The minimum absolute atomic E-state index is 0.267. The van der Waals surface area contributed by atoms with Gasteiger partial charge in [0.05, 0.1) is 11.1 Å². The van der Waals surface area contributed by atoms with E-state index < -0.39 is 0 Å². The zero-order chi connectivity index (χ0) is 18.9. The largest absolute Gasteiger partial charge is 0.229 e. The molecule has 9 heteroatoms. The summed E-state index contributed by atoms with van der Waals surface area (Å²) in [5.74, 6) is -0.267. The molecule has 0 spiro atoms. The fourth-order valence-corrected chi connectivity index (χ4v) is 4.69. The van der Waals surface area contributed by atoms with Crippen molar-refractivity contribution >= 4 is 33.3 Å². The van der Waals surface area contributed by atoms with Gasteiger partial charge in [-0.1, -0.05) is 30.3 Å². The van der Waals surface area contributed by atoms with Crippen molar-refractivity contribution in [3.63, 3.8) is 0 Å². The first-order valence-corrected chi connectivity index (χ1v) is 9.99. The summed E-state index contributed by atoms with van der Waals surface area (Å²) in [5, 5.41) is 16.3. The highest BCUT2D eigenvalue weighted by molar-refractivity contribution is 7.99. The fraction of sp³-hybridized carbons (Fsp3) is 0. The summed E-state index contributed by atoms with van der Waals surface area (Å²) in [7, 11) is 0. The van der Waals surface area contributed by atoms with E-state index in [4.69, 9.17) is 0 Å². The molecule has 136 valence electrons. The van der Waals surface area contributed by atoms with Gasteiger partial charge in [0.25, 0.3) is 0 Å². The van der Waals surface area contributed by atoms with Gasteiger partial charge >= 0.3 is 0 Å². The van der Waals surface area contributed by atoms with Crippen molar-refractivity contribution in [1.82, 2.24) is 30.2 Å². The highest BCUT2D eigenvalue weighted by Gasteiger charge is 2.17. The lowest BCUT2D eigenvalue weighted by Crippen LogP contribution is -1.98. The predicted octanol–water partition coefficient (Wildman–Crippen LogP) is 4.62. The lowest BCUT2D eigenvalue weighted by atomic mass is 10.1. The predicted molar refractivity (Wildman–Crippen MR) is 106 cm³/mol. The SMILES string of the molecule is Fc1ccc(-c2csc3ncnc(Sc4nnnn4-c4ccccc4)c23)cc1. The Bertz CT molecular complexity index is 1250. The lowest BCUT2D eigenvalue weighted by Gasteiger charge is -2.06. The molecule has 5 aromatic rings. The van der Waals surface area contributed by atoms with Gasteiger partial charge in [-0.15, -0.1) is 16.4 Å². The van der Waals surface area contributed by atoms with E-state index in [1.807, 2.05) is 35.7 Å². The van der Waals surface area contributed by atoms with Gasteiger partial charge in [0, 0.05) is 10.9 Å². The Morgan fingerprint density at radius 3 is 2.61 bits per heavy atom. The Labute approximate surface area is 167 Å². The summed E-state index contributed by atoms with van der Waals surface area (Å²) in [6.07, 6.45) is 1.53. The number of para-hydroxylation sites is 1. The van der Waals surface area contributed by atoms with Crippen LogP contribution in [0.15, 0.2) is 76.5 Å². The van der Waals surface area contributed by atoms with Gasteiger partial charge in [0.2, 0.25) is 5.16 Å². The third-order valence-electron chi connectivity index (χ3n) is 4.12. The van der Waals surface area contributed by atoms with Gasteiger partial charge in [-0.3, -0.25) is 0 Å². The number of thiophene rings is 1. The molecular weight excluding hydrogens is 395 g/mol.